The quantitative estimate of drug-likeness (QED) is 0.643. The van der Waals surface area contributed by atoms with Gasteiger partial charge in [0, 0.05) is 6.04 Å². The molecule has 0 heterocycles. The predicted octanol–water partition coefficient (Wildman–Crippen LogP) is 0.444. The van der Waals surface area contributed by atoms with Gasteiger partial charge in [-0.1, -0.05) is 30.3 Å². The first-order valence-corrected chi connectivity index (χ1v) is 5.83. The summed E-state index contributed by atoms with van der Waals surface area (Å²) >= 11 is 0. The lowest BCUT2D eigenvalue weighted by Crippen LogP contribution is -2.47. The minimum Gasteiger partial charge on any atom is -0.394 e. The summed E-state index contributed by atoms with van der Waals surface area (Å²) in [7, 11) is 0. The Morgan fingerprint density at radius 1 is 1.41 bits per heavy atom. The van der Waals surface area contributed by atoms with Gasteiger partial charge in [-0.25, -0.2) is 0 Å². The number of nitrogens with one attached hydrogen (secondary N) is 1. The fraction of sp³-hybridized carbons (Fsp3) is 0.462. The SMILES string of the molecule is CC(CCc1ccccc1)NC(CO)C(N)=O. The number of rotatable bonds is 7. The number of aliphatic hydroxyl groups excluding tert-OH is 1. The van der Waals surface area contributed by atoms with E-state index in [2.05, 4.69) is 17.4 Å². The Labute approximate surface area is 102 Å². The van der Waals surface area contributed by atoms with Crippen LogP contribution in [0.5, 0.6) is 0 Å². The topological polar surface area (TPSA) is 75.3 Å². The van der Waals surface area contributed by atoms with E-state index in [1.807, 2.05) is 25.1 Å². The van der Waals surface area contributed by atoms with Crippen molar-refractivity contribution in [2.75, 3.05) is 6.61 Å². The third kappa shape index (κ3) is 4.97. The summed E-state index contributed by atoms with van der Waals surface area (Å²) < 4.78 is 0. The molecule has 94 valence electrons. The second-order valence-electron chi connectivity index (χ2n) is 4.23. The van der Waals surface area contributed by atoms with Crippen LogP contribution in [0, 0.1) is 0 Å². The van der Waals surface area contributed by atoms with Crippen LogP contribution in [0.3, 0.4) is 0 Å². The van der Waals surface area contributed by atoms with E-state index in [0.717, 1.165) is 12.8 Å². The van der Waals surface area contributed by atoms with Crippen LogP contribution in [-0.2, 0) is 11.2 Å². The third-order valence-electron chi connectivity index (χ3n) is 2.72. The minimum absolute atomic E-state index is 0.139. The van der Waals surface area contributed by atoms with Gasteiger partial charge in [-0.2, -0.15) is 0 Å². The number of hydrogen-bond donors (Lipinski definition) is 3. The smallest absolute Gasteiger partial charge is 0.236 e. The van der Waals surface area contributed by atoms with E-state index >= 15 is 0 Å². The molecule has 1 aromatic rings. The molecular formula is C13H20N2O2. The lowest BCUT2D eigenvalue weighted by molar-refractivity contribution is -0.121. The van der Waals surface area contributed by atoms with Crippen LogP contribution in [0.1, 0.15) is 18.9 Å². The van der Waals surface area contributed by atoms with E-state index < -0.39 is 11.9 Å². The van der Waals surface area contributed by atoms with Crippen molar-refractivity contribution >= 4 is 5.91 Å². The van der Waals surface area contributed by atoms with Crippen LogP contribution >= 0.6 is 0 Å². The average Bonchev–Trinajstić information content (AvgIpc) is 2.34. The molecule has 0 aromatic heterocycles. The summed E-state index contributed by atoms with van der Waals surface area (Å²) in [4.78, 5) is 10.9. The summed E-state index contributed by atoms with van der Waals surface area (Å²) in [6.45, 7) is 1.72. The van der Waals surface area contributed by atoms with Gasteiger partial charge in [-0.3, -0.25) is 4.79 Å². The van der Waals surface area contributed by atoms with Crippen LogP contribution in [0.4, 0.5) is 0 Å². The average molecular weight is 236 g/mol. The maximum absolute atomic E-state index is 10.9. The molecule has 4 heteroatoms. The van der Waals surface area contributed by atoms with Crippen molar-refractivity contribution in [3.8, 4) is 0 Å². The minimum atomic E-state index is -0.652. The molecule has 0 saturated carbocycles. The van der Waals surface area contributed by atoms with E-state index in [0.29, 0.717) is 0 Å². The number of aliphatic hydroxyl groups is 1. The first kappa shape index (κ1) is 13.7. The predicted molar refractivity (Wildman–Crippen MR) is 67.4 cm³/mol. The summed E-state index contributed by atoms with van der Waals surface area (Å²) in [5, 5.41) is 12.0. The first-order chi connectivity index (χ1) is 8.13. The Balaban J connectivity index is 2.34. The Morgan fingerprint density at radius 3 is 2.59 bits per heavy atom. The third-order valence-corrected chi connectivity index (χ3v) is 2.72. The number of benzene rings is 1. The standard InChI is InChI=1S/C13H20N2O2/c1-10(15-12(9-16)13(14)17)7-8-11-5-3-2-4-6-11/h2-6,10,12,15-16H,7-9H2,1H3,(H2,14,17). The molecule has 1 aromatic carbocycles. The molecule has 0 bridgehead atoms. The van der Waals surface area contributed by atoms with Gasteiger partial charge in [-0.15, -0.1) is 0 Å². The van der Waals surface area contributed by atoms with Gasteiger partial charge in [0.15, 0.2) is 0 Å². The Morgan fingerprint density at radius 2 is 2.06 bits per heavy atom. The number of amides is 1. The zero-order valence-electron chi connectivity index (χ0n) is 10.1. The van der Waals surface area contributed by atoms with E-state index in [9.17, 15) is 4.79 Å². The van der Waals surface area contributed by atoms with Crippen LogP contribution in [0.15, 0.2) is 30.3 Å². The number of nitrogens with two attached hydrogens (primary N) is 1. The molecular weight excluding hydrogens is 216 g/mol. The van der Waals surface area contributed by atoms with Gasteiger partial charge in [-0.05, 0) is 25.3 Å². The molecule has 0 aliphatic carbocycles. The number of aryl methyl sites for hydroxylation is 1. The maximum Gasteiger partial charge on any atom is 0.236 e. The van der Waals surface area contributed by atoms with Crippen LogP contribution in [0.25, 0.3) is 0 Å². The van der Waals surface area contributed by atoms with E-state index in [-0.39, 0.29) is 12.6 Å². The molecule has 17 heavy (non-hydrogen) atoms. The van der Waals surface area contributed by atoms with E-state index in [4.69, 9.17) is 10.8 Å². The molecule has 1 amide bonds. The highest BCUT2D eigenvalue weighted by Crippen LogP contribution is 2.05. The molecule has 0 fully saturated rings. The monoisotopic (exact) mass is 236 g/mol. The molecule has 0 aliphatic rings. The van der Waals surface area contributed by atoms with Crippen LogP contribution in [-0.4, -0.2) is 29.7 Å². The van der Waals surface area contributed by atoms with Gasteiger partial charge in [0.25, 0.3) is 0 Å². The normalized spacial score (nSPS) is 14.2. The van der Waals surface area contributed by atoms with Crippen molar-refractivity contribution in [1.29, 1.82) is 0 Å². The highest BCUT2D eigenvalue weighted by atomic mass is 16.3. The number of primary amides is 1. The highest BCUT2D eigenvalue weighted by molar-refractivity contribution is 5.79. The molecule has 0 aliphatic heterocycles. The second-order valence-corrected chi connectivity index (χ2v) is 4.23. The lowest BCUT2D eigenvalue weighted by atomic mass is 10.1. The largest absolute Gasteiger partial charge is 0.394 e. The Hall–Kier alpha value is -1.39. The van der Waals surface area contributed by atoms with Gasteiger partial charge < -0.3 is 16.2 Å². The number of hydrogen-bond acceptors (Lipinski definition) is 3. The Kier molecular flexibility index (Phi) is 5.66. The van der Waals surface area contributed by atoms with Crippen molar-refractivity contribution in [2.45, 2.75) is 31.8 Å². The lowest BCUT2D eigenvalue weighted by Gasteiger charge is -2.19. The van der Waals surface area contributed by atoms with E-state index in [1.54, 1.807) is 0 Å². The van der Waals surface area contributed by atoms with Gasteiger partial charge in [0.1, 0.15) is 6.04 Å². The van der Waals surface area contributed by atoms with Gasteiger partial charge in [0.05, 0.1) is 6.61 Å². The molecule has 2 atom stereocenters. The molecule has 0 saturated heterocycles. The maximum atomic E-state index is 10.9. The fourth-order valence-electron chi connectivity index (χ4n) is 1.68. The molecule has 4 nitrogen and oxygen atoms in total. The summed E-state index contributed by atoms with van der Waals surface area (Å²) in [6, 6.07) is 9.63. The Bertz CT molecular complexity index is 341. The van der Waals surface area contributed by atoms with E-state index in [1.165, 1.54) is 5.56 Å². The first-order valence-electron chi connectivity index (χ1n) is 5.83. The zero-order chi connectivity index (χ0) is 12.7. The summed E-state index contributed by atoms with van der Waals surface area (Å²) in [6.07, 6.45) is 1.83. The molecule has 1 rings (SSSR count). The molecule has 0 radical (unpaired) electrons. The zero-order valence-corrected chi connectivity index (χ0v) is 10.1. The van der Waals surface area contributed by atoms with Crippen molar-refractivity contribution in [3.05, 3.63) is 35.9 Å². The number of carbonyl (C=O) groups is 1. The molecule has 0 spiro atoms. The molecule has 2 unspecified atom stereocenters. The van der Waals surface area contributed by atoms with Gasteiger partial charge in [0.2, 0.25) is 5.91 Å². The van der Waals surface area contributed by atoms with Crippen molar-refractivity contribution in [2.24, 2.45) is 5.73 Å². The molecule has 4 N–H and O–H groups in total. The van der Waals surface area contributed by atoms with Crippen molar-refractivity contribution in [3.63, 3.8) is 0 Å². The highest BCUT2D eigenvalue weighted by Gasteiger charge is 2.15. The van der Waals surface area contributed by atoms with Crippen LogP contribution in [0.2, 0.25) is 0 Å². The fourth-order valence-corrected chi connectivity index (χ4v) is 1.68. The van der Waals surface area contributed by atoms with Crippen molar-refractivity contribution in [1.82, 2.24) is 5.32 Å². The summed E-state index contributed by atoms with van der Waals surface area (Å²) in [5.41, 5.74) is 6.41. The van der Waals surface area contributed by atoms with Gasteiger partial charge >= 0.3 is 0 Å². The second kappa shape index (κ2) is 7.04. The summed E-state index contributed by atoms with van der Waals surface area (Å²) in [5.74, 6) is -0.515. The van der Waals surface area contributed by atoms with Crippen LogP contribution < -0.4 is 11.1 Å². The van der Waals surface area contributed by atoms with Crippen molar-refractivity contribution < 1.29 is 9.90 Å². The number of carbonyl (C=O) groups excluding carboxylic acids is 1.